The Balaban J connectivity index is 2.57. The van der Waals surface area contributed by atoms with E-state index in [4.69, 9.17) is 5.73 Å². The second kappa shape index (κ2) is 6.86. The van der Waals surface area contributed by atoms with Crippen LogP contribution in [0.4, 0.5) is 10.9 Å². The van der Waals surface area contributed by atoms with Gasteiger partial charge in [0.25, 0.3) is 5.91 Å². The molecule has 0 fully saturated rings. The van der Waals surface area contributed by atoms with Crippen LogP contribution in [-0.2, 0) is 10.0 Å². The van der Waals surface area contributed by atoms with Crippen LogP contribution in [0.15, 0.2) is 0 Å². The molecule has 1 amide bonds. The summed E-state index contributed by atoms with van der Waals surface area (Å²) in [6.07, 6.45) is 1.06. The Morgan fingerprint density at radius 2 is 2.10 bits per heavy atom. The molecule has 0 aliphatic carbocycles. The summed E-state index contributed by atoms with van der Waals surface area (Å²) in [5.41, 5.74) is 5.71. The van der Waals surface area contributed by atoms with Crippen LogP contribution in [0, 0.1) is 0 Å². The second-order valence-corrected chi connectivity index (χ2v) is 6.96. The van der Waals surface area contributed by atoms with Crippen molar-refractivity contribution in [2.45, 2.75) is 6.92 Å². The number of rotatable bonds is 7. The molecule has 8 nitrogen and oxygen atoms in total. The van der Waals surface area contributed by atoms with Crippen molar-refractivity contribution in [2.75, 3.05) is 43.6 Å². The molecule has 114 valence electrons. The van der Waals surface area contributed by atoms with Crippen LogP contribution in [0.5, 0.6) is 0 Å². The summed E-state index contributed by atoms with van der Waals surface area (Å²) in [5, 5.41) is 3.26. The van der Waals surface area contributed by atoms with Gasteiger partial charge in [-0.3, -0.25) is 4.79 Å². The predicted octanol–water partition coefficient (Wildman–Crippen LogP) is -0.540. The Morgan fingerprint density at radius 3 is 2.65 bits per heavy atom. The number of aromatic nitrogens is 1. The van der Waals surface area contributed by atoms with Gasteiger partial charge < -0.3 is 16.0 Å². The Bertz CT molecular complexity index is 569. The van der Waals surface area contributed by atoms with Crippen LogP contribution in [0.2, 0.25) is 0 Å². The lowest BCUT2D eigenvalue weighted by Gasteiger charge is -2.10. The standard InChI is InChI=1S/C10H19N5O3S2/c1-4-15(2)10-14-8(11)7(19-10)9(16)12-5-6-13-20(3,17)18/h13H,4-6,11H2,1-3H3,(H,12,16). The highest BCUT2D eigenvalue weighted by atomic mass is 32.2. The van der Waals surface area contributed by atoms with Gasteiger partial charge in [0, 0.05) is 26.7 Å². The average Bonchev–Trinajstić information content (AvgIpc) is 2.74. The molecule has 1 aromatic rings. The van der Waals surface area contributed by atoms with Crippen LogP contribution >= 0.6 is 11.3 Å². The topological polar surface area (TPSA) is 117 Å². The lowest BCUT2D eigenvalue weighted by molar-refractivity contribution is 0.0959. The maximum Gasteiger partial charge on any atom is 0.265 e. The normalized spacial score (nSPS) is 11.3. The molecular weight excluding hydrogens is 302 g/mol. The van der Waals surface area contributed by atoms with Gasteiger partial charge in [0.1, 0.15) is 10.7 Å². The Kier molecular flexibility index (Phi) is 5.72. The van der Waals surface area contributed by atoms with Gasteiger partial charge >= 0.3 is 0 Å². The van der Waals surface area contributed by atoms with Gasteiger partial charge in [-0.15, -0.1) is 0 Å². The van der Waals surface area contributed by atoms with Crippen LogP contribution in [0.1, 0.15) is 16.6 Å². The SMILES string of the molecule is CCN(C)c1nc(N)c(C(=O)NCCNS(C)(=O)=O)s1. The van der Waals surface area contributed by atoms with Crippen molar-refractivity contribution in [2.24, 2.45) is 0 Å². The number of carbonyl (C=O) groups is 1. The van der Waals surface area contributed by atoms with Crippen molar-refractivity contribution >= 4 is 38.2 Å². The van der Waals surface area contributed by atoms with Gasteiger partial charge in [0.05, 0.1) is 6.26 Å². The number of nitrogen functional groups attached to an aromatic ring is 1. The van der Waals surface area contributed by atoms with E-state index in [0.29, 0.717) is 10.0 Å². The van der Waals surface area contributed by atoms with Crippen LogP contribution in [0.25, 0.3) is 0 Å². The van der Waals surface area contributed by atoms with Crippen molar-refractivity contribution in [1.29, 1.82) is 0 Å². The molecule has 0 unspecified atom stereocenters. The van der Waals surface area contributed by atoms with E-state index in [0.717, 1.165) is 12.8 Å². The summed E-state index contributed by atoms with van der Waals surface area (Å²) >= 11 is 1.20. The molecule has 20 heavy (non-hydrogen) atoms. The number of nitrogens with one attached hydrogen (secondary N) is 2. The van der Waals surface area contributed by atoms with Crippen LogP contribution in [-0.4, -0.2) is 52.2 Å². The molecule has 4 N–H and O–H groups in total. The summed E-state index contributed by atoms with van der Waals surface area (Å²) in [7, 11) is -1.39. The zero-order chi connectivity index (χ0) is 15.3. The number of hydrogen-bond acceptors (Lipinski definition) is 7. The van der Waals surface area contributed by atoms with Crippen molar-refractivity contribution in [3.8, 4) is 0 Å². The molecule has 0 aliphatic rings. The van der Waals surface area contributed by atoms with Gasteiger partial charge in [0.2, 0.25) is 10.0 Å². The number of nitrogens with zero attached hydrogens (tertiary/aromatic N) is 2. The predicted molar refractivity (Wildman–Crippen MR) is 80.7 cm³/mol. The van der Waals surface area contributed by atoms with E-state index in [9.17, 15) is 13.2 Å². The molecule has 1 aromatic heterocycles. The van der Waals surface area contributed by atoms with E-state index in [1.165, 1.54) is 11.3 Å². The minimum absolute atomic E-state index is 0.130. The van der Waals surface area contributed by atoms with Crippen LogP contribution in [0.3, 0.4) is 0 Å². The second-order valence-electron chi connectivity index (χ2n) is 4.15. The summed E-state index contributed by atoms with van der Waals surface area (Å²) in [6.45, 7) is 3.04. The average molecular weight is 321 g/mol. The molecular formula is C10H19N5O3S2. The summed E-state index contributed by atoms with van der Waals surface area (Å²) in [5.74, 6) is -0.176. The molecule has 0 atom stereocenters. The molecule has 0 radical (unpaired) electrons. The molecule has 0 aliphatic heterocycles. The molecule has 0 aromatic carbocycles. The molecule has 0 bridgehead atoms. The summed E-state index contributed by atoms with van der Waals surface area (Å²) < 4.78 is 24.0. The number of carbonyl (C=O) groups excluding carboxylic acids is 1. The van der Waals surface area contributed by atoms with E-state index < -0.39 is 10.0 Å². The first-order chi connectivity index (χ1) is 9.24. The fraction of sp³-hybridized carbons (Fsp3) is 0.600. The fourth-order valence-electron chi connectivity index (χ4n) is 1.27. The lowest BCUT2D eigenvalue weighted by atomic mass is 10.4. The van der Waals surface area contributed by atoms with Crippen LogP contribution < -0.4 is 20.7 Å². The fourth-order valence-corrected chi connectivity index (χ4v) is 2.67. The highest BCUT2D eigenvalue weighted by Gasteiger charge is 2.17. The third-order valence-corrected chi connectivity index (χ3v) is 4.34. The van der Waals surface area contributed by atoms with E-state index in [1.807, 2.05) is 18.9 Å². The number of hydrogen-bond donors (Lipinski definition) is 3. The number of nitrogens with two attached hydrogens (primary N) is 1. The molecule has 1 rings (SSSR count). The highest BCUT2D eigenvalue weighted by molar-refractivity contribution is 7.88. The first-order valence-electron chi connectivity index (χ1n) is 5.95. The van der Waals surface area contributed by atoms with Gasteiger partial charge in [0.15, 0.2) is 5.13 Å². The Labute approximate surface area is 122 Å². The van der Waals surface area contributed by atoms with E-state index in [2.05, 4.69) is 15.0 Å². The highest BCUT2D eigenvalue weighted by Crippen LogP contribution is 2.26. The summed E-state index contributed by atoms with van der Waals surface area (Å²) in [6, 6.07) is 0. The first kappa shape index (κ1) is 16.7. The van der Waals surface area contributed by atoms with Crippen molar-refractivity contribution in [3.05, 3.63) is 4.88 Å². The number of anilines is 2. The smallest absolute Gasteiger partial charge is 0.265 e. The van der Waals surface area contributed by atoms with E-state index >= 15 is 0 Å². The quantitative estimate of drug-likeness (QED) is 0.581. The largest absolute Gasteiger partial charge is 0.382 e. The number of amides is 1. The minimum atomic E-state index is -3.25. The zero-order valence-electron chi connectivity index (χ0n) is 11.6. The van der Waals surface area contributed by atoms with Gasteiger partial charge in [-0.1, -0.05) is 11.3 Å². The van der Waals surface area contributed by atoms with Gasteiger partial charge in [-0.2, -0.15) is 0 Å². The minimum Gasteiger partial charge on any atom is -0.382 e. The maximum atomic E-state index is 11.9. The molecule has 0 saturated carbocycles. The van der Waals surface area contributed by atoms with Gasteiger partial charge in [-0.25, -0.2) is 18.1 Å². The number of sulfonamides is 1. The number of thiazole rings is 1. The Hall–Kier alpha value is -1.39. The van der Waals surface area contributed by atoms with Crippen molar-refractivity contribution in [3.63, 3.8) is 0 Å². The zero-order valence-corrected chi connectivity index (χ0v) is 13.3. The van der Waals surface area contributed by atoms with E-state index in [-0.39, 0.29) is 24.8 Å². The molecule has 10 heteroatoms. The molecule has 0 spiro atoms. The monoisotopic (exact) mass is 321 g/mol. The molecule has 0 saturated heterocycles. The van der Waals surface area contributed by atoms with Crippen molar-refractivity contribution < 1.29 is 13.2 Å². The maximum absolute atomic E-state index is 11.9. The van der Waals surface area contributed by atoms with Crippen molar-refractivity contribution in [1.82, 2.24) is 15.0 Å². The van der Waals surface area contributed by atoms with E-state index in [1.54, 1.807) is 0 Å². The first-order valence-corrected chi connectivity index (χ1v) is 8.65. The van der Waals surface area contributed by atoms with Gasteiger partial charge in [-0.05, 0) is 6.92 Å². The summed E-state index contributed by atoms with van der Waals surface area (Å²) in [4.78, 5) is 18.2. The third kappa shape index (κ3) is 4.94. The third-order valence-electron chi connectivity index (χ3n) is 2.42. The lowest BCUT2D eigenvalue weighted by Crippen LogP contribution is -2.34. The Morgan fingerprint density at radius 1 is 1.45 bits per heavy atom. The molecule has 1 heterocycles.